The van der Waals surface area contributed by atoms with Crippen LogP contribution in [0.15, 0.2) is 18.2 Å². The number of nitrogens with one attached hydrogen (secondary N) is 1. The van der Waals surface area contributed by atoms with Crippen molar-refractivity contribution in [2.45, 2.75) is 12.7 Å². The van der Waals surface area contributed by atoms with Crippen LogP contribution in [0.3, 0.4) is 0 Å². The molecule has 1 aliphatic rings. The van der Waals surface area contributed by atoms with Crippen LogP contribution in [0.25, 0.3) is 0 Å². The van der Waals surface area contributed by atoms with Crippen molar-refractivity contribution in [1.29, 1.82) is 0 Å². The lowest BCUT2D eigenvalue weighted by atomic mass is 9.96. The van der Waals surface area contributed by atoms with Crippen LogP contribution in [-0.2, 0) is 11.3 Å². The van der Waals surface area contributed by atoms with Crippen LogP contribution in [0.1, 0.15) is 5.56 Å². The molecule has 1 aromatic carbocycles. The minimum Gasteiger partial charge on any atom is -0.496 e. The quantitative estimate of drug-likeness (QED) is 0.842. The molecule has 0 aromatic heterocycles. The molecule has 0 spiro atoms. The number of hydrogen-bond donors (Lipinski definition) is 2. The fourth-order valence-electron chi connectivity index (χ4n) is 2.73. The lowest BCUT2D eigenvalue weighted by Crippen LogP contribution is -2.39. The van der Waals surface area contributed by atoms with Crippen LogP contribution < -0.4 is 10.1 Å². The number of methoxy groups -OCH3 is 1. The molecule has 2 atom stereocenters. The Kier molecular flexibility index (Phi) is 5.66. The number of urea groups is 1. The van der Waals surface area contributed by atoms with Gasteiger partial charge in [0.15, 0.2) is 0 Å². The predicted molar refractivity (Wildman–Crippen MR) is 82.5 cm³/mol. The summed E-state index contributed by atoms with van der Waals surface area (Å²) < 4.78 is 44.0. The lowest BCUT2D eigenvalue weighted by Gasteiger charge is -2.19. The molecule has 2 amide bonds. The molecule has 138 valence electrons. The van der Waals surface area contributed by atoms with E-state index in [-0.39, 0.29) is 6.54 Å². The summed E-state index contributed by atoms with van der Waals surface area (Å²) in [6.45, 7) is -1.27. The Bertz CT molecular complexity index is 669. The summed E-state index contributed by atoms with van der Waals surface area (Å²) >= 11 is 6.03. The van der Waals surface area contributed by atoms with Crippen molar-refractivity contribution in [2.24, 2.45) is 11.8 Å². The van der Waals surface area contributed by atoms with Crippen LogP contribution in [0.5, 0.6) is 5.75 Å². The maximum absolute atomic E-state index is 13.0. The van der Waals surface area contributed by atoms with E-state index >= 15 is 0 Å². The number of carboxylic acid groups (broad SMARTS) is 1. The molecular weight excluding hydrogens is 365 g/mol. The highest BCUT2D eigenvalue weighted by molar-refractivity contribution is 6.31. The summed E-state index contributed by atoms with van der Waals surface area (Å²) in [5, 5.41) is 11.7. The molecule has 6 nitrogen and oxygen atoms in total. The number of halogens is 4. The normalized spacial score (nSPS) is 20.4. The summed E-state index contributed by atoms with van der Waals surface area (Å²) in [7, 11) is 1.42. The van der Waals surface area contributed by atoms with Crippen LogP contribution >= 0.6 is 11.6 Å². The van der Waals surface area contributed by atoms with E-state index in [4.69, 9.17) is 21.4 Å². The van der Waals surface area contributed by atoms with Gasteiger partial charge in [-0.1, -0.05) is 17.7 Å². The van der Waals surface area contributed by atoms with Crippen molar-refractivity contribution >= 4 is 23.6 Å². The average Bonchev–Trinajstić information content (AvgIpc) is 2.99. The average molecular weight is 381 g/mol. The van der Waals surface area contributed by atoms with E-state index in [1.807, 2.05) is 0 Å². The minimum atomic E-state index is -4.69. The molecule has 0 bridgehead atoms. The second kappa shape index (κ2) is 7.38. The molecule has 1 fully saturated rings. The third-order valence-corrected chi connectivity index (χ3v) is 4.41. The van der Waals surface area contributed by atoms with Gasteiger partial charge in [0.1, 0.15) is 5.75 Å². The Morgan fingerprint density at radius 3 is 2.60 bits per heavy atom. The van der Waals surface area contributed by atoms with Gasteiger partial charge in [0, 0.05) is 30.2 Å². The molecule has 2 rings (SSSR count). The number of hydrogen-bond acceptors (Lipinski definition) is 3. The van der Waals surface area contributed by atoms with E-state index < -0.39 is 43.1 Å². The number of likely N-dealkylation sites (tertiary alicyclic amines) is 1. The van der Waals surface area contributed by atoms with Gasteiger partial charge in [0.25, 0.3) is 0 Å². The topological polar surface area (TPSA) is 78.9 Å². The number of rotatable bonds is 4. The van der Waals surface area contributed by atoms with Gasteiger partial charge in [0.05, 0.1) is 18.9 Å². The molecular formula is C15H16ClF3N2O4. The molecule has 1 heterocycles. The molecule has 2 N–H and O–H groups in total. The number of nitrogens with zero attached hydrogens (tertiary/aromatic N) is 1. The maximum Gasteiger partial charge on any atom is 0.394 e. The van der Waals surface area contributed by atoms with E-state index in [0.29, 0.717) is 16.3 Å². The Labute approximate surface area is 146 Å². The van der Waals surface area contributed by atoms with Gasteiger partial charge < -0.3 is 20.1 Å². The van der Waals surface area contributed by atoms with Crippen molar-refractivity contribution in [1.82, 2.24) is 10.2 Å². The van der Waals surface area contributed by atoms with E-state index in [1.165, 1.54) is 7.11 Å². The van der Waals surface area contributed by atoms with Crippen molar-refractivity contribution in [2.75, 3.05) is 20.2 Å². The molecule has 1 aromatic rings. The molecule has 1 aliphatic heterocycles. The number of aliphatic carboxylic acids is 1. The molecule has 10 heteroatoms. The second-order valence-corrected chi connectivity index (χ2v) is 5.98. The summed E-state index contributed by atoms with van der Waals surface area (Å²) in [4.78, 5) is 24.0. The van der Waals surface area contributed by atoms with Gasteiger partial charge in [-0.2, -0.15) is 13.2 Å². The Balaban J connectivity index is 2.06. The Morgan fingerprint density at radius 2 is 2.08 bits per heavy atom. The SMILES string of the molecule is COc1cccc(Cl)c1CNC(=O)N1C[C@@H](C(F)(F)F)[C@H](C(=O)O)C1. The number of carbonyl (C=O) groups excluding carboxylic acids is 1. The van der Waals surface area contributed by atoms with Gasteiger partial charge in [-0.15, -0.1) is 0 Å². The Hall–Kier alpha value is -2.16. The highest BCUT2D eigenvalue weighted by atomic mass is 35.5. The summed E-state index contributed by atoms with van der Waals surface area (Å²) in [5.74, 6) is -4.93. The lowest BCUT2D eigenvalue weighted by molar-refractivity contribution is -0.187. The largest absolute Gasteiger partial charge is 0.496 e. The highest BCUT2D eigenvalue weighted by Crippen LogP contribution is 2.37. The van der Waals surface area contributed by atoms with E-state index in [9.17, 15) is 22.8 Å². The van der Waals surface area contributed by atoms with Crippen LogP contribution in [-0.4, -0.2) is 48.4 Å². The summed E-state index contributed by atoms with van der Waals surface area (Å²) in [5.41, 5.74) is 0.473. The third-order valence-electron chi connectivity index (χ3n) is 4.06. The van der Waals surface area contributed by atoms with Crippen LogP contribution in [0.2, 0.25) is 5.02 Å². The fraction of sp³-hybridized carbons (Fsp3) is 0.467. The first-order chi connectivity index (χ1) is 11.6. The van der Waals surface area contributed by atoms with Crippen LogP contribution in [0, 0.1) is 11.8 Å². The molecule has 0 saturated carbocycles. The van der Waals surface area contributed by atoms with E-state index in [0.717, 1.165) is 4.90 Å². The first-order valence-corrected chi connectivity index (χ1v) is 7.66. The summed E-state index contributed by atoms with van der Waals surface area (Å²) in [6.07, 6.45) is -4.69. The zero-order valence-corrected chi connectivity index (χ0v) is 13.9. The number of benzene rings is 1. The zero-order chi connectivity index (χ0) is 18.8. The third kappa shape index (κ3) is 4.28. The molecule has 0 unspecified atom stereocenters. The number of ether oxygens (including phenoxy) is 1. The van der Waals surface area contributed by atoms with Gasteiger partial charge in [-0.05, 0) is 12.1 Å². The van der Waals surface area contributed by atoms with E-state index in [1.54, 1.807) is 18.2 Å². The zero-order valence-electron chi connectivity index (χ0n) is 13.1. The van der Waals surface area contributed by atoms with Gasteiger partial charge in [-0.3, -0.25) is 4.79 Å². The number of carboxylic acids is 1. The Morgan fingerprint density at radius 1 is 1.40 bits per heavy atom. The van der Waals surface area contributed by atoms with Gasteiger partial charge in [-0.25, -0.2) is 4.79 Å². The first-order valence-electron chi connectivity index (χ1n) is 7.28. The molecule has 25 heavy (non-hydrogen) atoms. The number of alkyl halides is 3. The standard InChI is InChI=1S/C15H16ClF3N2O4/c1-25-12-4-2-3-11(16)8(12)5-20-14(24)21-6-9(13(22)23)10(7-21)15(17,18)19/h2-4,9-10H,5-7H2,1H3,(H,20,24)(H,22,23)/t9-,10-/m1/s1. The van der Waals surface area contributed by atoms with Crippen molar-refractivity contribution < 1.29 is 32.6 Å². The maximum atomic E-state index is 13.0. The van der Waals surface area contributed by atoms with E-state index in [2.05, 4.69) is 5.32 Å². The van der Waals surface area contributed by atoms with Crippen molar-refractivity contribution in [3.05, 3.63) is 28.8 Å². The number of carbonyl (C=O) groups is 2. The smallest absolute Gasteiger partial charge is 0.394 e. The second-order valence-electron chi connectivity index (χ2n) is 5.58. The van der Waals surface area contributed by atoms with Gasteiger partial charge >= 0.3 is 18.2 Å². The summed E-state index contributed by atoms with van der Waals surface area (Å²) in [6, 6.07) is 4.07. The molecule has 0 radical (unpaired) electrons. The fourth-order valence-corrected chi connectivity index (χ4v) is 2.96. The van der Waals surface area contributed by atoms with Crippen LogP contribution in [0.4, 0.5) is 18.0 Å². The molecule has 0 aliphatic carbocycles. The molecule has 1 saturated heterocycles. The minimum absolute atomic E-state index is 0.0629. The van der Waals surface area contributed by atoms with Crippen molar-refractivity contribution in [3.63, 3.8) is 0 Å². The monoisotopic (exact) mass is 380 g/mol. The van der Waals surface area contributed by atoms with Gasteiger partial charge in [0.2, 0.25) is 0 Å². The van der Waals surface area contributed by atoms with Crippen molar-refractivity contribution in [3.8, 4) is 5.75 Å². The first kappa shape index (κ1) is 19.2. The highest BCUT2D eigenvalue weighted by Gasteiger charge is 2.53. The number of amides is 2. The predicted octanol–water partition coefficient (Wildman–Crippen LogP) is 2.75.